The molecule has 1 aromatic carbocycles. The Bertz CT molecular complexity index is 570. The van der Waals surface area contributed by atoms with Crippen LogP contribution in [-0.4, -0.2) is 14.2 Å². The van der Waals surface area contributed by atoms with Crippen LogP contribution < -0.4 is 8.91 Å². The largest absolute Gasteiger partial charge is 0.383 e. The highest BCUT2D eigenvalue weighted by atomic mass is 32.2. The van der Waals surface area contributed by atoms with E-state index in [4.69, 9.17) is 0 Å². The summed E-state index contributed by atoms with van der Waals surface area (Å²) in [5.41, 5.74) is 0.329. The number of rotatable bonds is 2. The fourth-order valence-corrected chi connectivity index (χ4v) is 2.68. The molecule has 0 amide bonds. The predicted octanol–water partition coefficient (Wildman–Crippen LogP) is 1.07. The smallest absolute Gasteiger partial charge is 0.371 e. The quantitative estimate of drug-likeness (QED) is 0.862. The average molecular weight is 259 g/mol. The lowest BCUT2D eigenvalue weighted by Gasteiger charge is -2.25. The first-order chi connectivity index (χ1) is 7.87. The molecule has 92 valence electrons. The molecule has 0 bridgehead atoms. The minimum absolute atomic E-state index is 0.0426. The van der Waals surface area contributed by atoms with Crippen molar-refractivity contribution in [2.24, 2.45) is 0 Å². The van der Waals surface area contributed by atoms with Crippen molar-refractivity contribution in [1.29, 1.82) is 0 Å². The third kappa shape index (κ3) is 2.62. The molecular weight excluding hydrogens is 249 g/mol. The molecule has 1 heterocycles. The van der Waals surface area contributed by atoms with Gasteiger partial charge in [0.2, 0.25) is 0 Å². The van der Waals surface area contributed by atoms with E-state index >= 15 is 0 Å². The summed E-state index contributed by atoms with van der Waals surface area (Å²) in [5, 5.41) is 0. The first kappa shape index (κ1) is 12.0. The second kappa shape index (κ2) is 4.08. The van der Waals surface area contributed by atoms with Crippen molar-refractivity contribution in [2.75, 3.05) is 0 Å². The Balaban J connectivity index is 2.48. The maximum absolute atomic E-state index is 13.1. The number of fused-ring (bicyclic) bond motifs is 1. The number of halogens is 1. The maximum atomic E-state index is 13.1. The molecule has 0 fully saturated rings. The average Bonchev–Trinajstić information content (AvgIpc) is 2.17. The SMILES string of the molecule is CC(=O)C[C@@H]1NS(=O)(=O)Oc2ccc(F)cc21. The number of benzene rings is 1. The van der Waals surface area contributed by atoms with Crippen LogP contribution in [-0.2, 0) is 15.1 Å². The van der Waals surface area contributed by atoms with Crippen LogP contribution in [0.25, 0.3) is 0 Å². The van der Waals surface area contributed by atoms with Crippen molar-refractivity contribution in [2.45, 2.75) is 19.4 Å². The second-order valence-corrected chi connectivity index (χ2v) is 5.11. The van der Waals surface area contributed by atoms with Gasteiger partial charge in [0.15, 0.2) is 0 Å². The number of Topliss-reactive ketones (excluding diaryl/α,β-unsaturated/α-hetero) is 1. The van der Waals surface area contributed by atoms with Gasteiger partial charge in [0, 0.05) is 12.0 Å². The summed E-state index contributed by atoms with van der Waals surface area (Å²) in [5.74, 6) is -0.659. The molecule has 1 N–H and O–H groups in total. The number of carbonyl (C=O) groups is 1. The van der Waals surface area contributed by atoms with Crippen LogP contribution in [0.15, 0.2) is 18.2 Å². The second-order valence-electron chi connectivity index (χ2n) is 3.80. The first-order valence-electron chi connectivity index (χ1n) is 4.88. The molecule has 0 saturated carbocycles. The number of nitrogens with one attached hydrogen (secondary N) is 1. The van der Waals surface area contributed by atoms with Gasteiger partial charge >= 0.3 is 10.3 Å². The highest BCUT2D eigenvalue weighted by Crippen LogP contribution is 2.33. The molecule has 0 spiro atoms. The van der Waals surface area contributed by atoms with Gasteiger partial charge in [0.1, 0.15) is 17.3 Å². The van der Waals surface area contributed by atoms with E-state index in [9.17, 15) is 17.6 Å². The third-order valence-corrected chi connectivity index (χ3v) is 3.30. The van der Waals surface area contributed by atoms with Crippen LogP contribution in [0.4, 0.5) is 4.39 Å². The van der Waals surface area contributed by atoms with Crippen molar-refractivity contribution >= 4 is 16.1 Å². The Kier molecular flexibility index (Phi) is 2.88. The fraction of sp³-hybridized carbons (Fsp3) is 0.300. The summed E-state index contributed by atoms with van der Waals surface area (Å²) in [6.45, 7) is 1.34. The zero-order valence-corrected chi connectivity index (χ0v) is 9.75. The molecule has 5 nitrogen and oxygen atoms in total. The van der Waals surface area contributed by atoms with Gasteiger partial charge in [-0.2, -0.15) is 13.1 Å². The van der Waals surface area contributed by atoms with Crippen LogP contribution in [0.5, 0.6) is 5.75 Å². The Hall–Kier alpha value is -1.47. The molecule has 0 aliphatic carbocycles. The minimum atomic E-state index is -3.93. The fourth-order valence-electron chi connectivity index (χ4n) is 1.69. The van der Waals surface area contributed by atoms with Gasteiger partial charge in [-0.25, -0.2) is 4.39 Å². The van der Waals surface area contributed by atoms with Crippen LogP contribution in [0.1, 0.15) is 24.9 Å². The molecule has 2 rings (SSSR count). The van der Waals surface area contributed by atoms with Crippen LogP contribution >= 0.6 is 0 Å². The zero-order valence-electron chi connectivity index (χ0n) is 8.94. The van der Waals surface area contributed by atoms with Gasteiger partial charge in [0.05, 0.1) is 6.04 Å². The van der Waals surface area contributed by atoms with Gasteiger partial charge in [-0.15, -0.1) is 0 Å². The molecule has 0 saturated heterocycles. The Morgan fingerprint density at radius 2 is 2.24 bits per heavy atom. The number of ketones is 1. The number of hydrogen-bond acceptors (Lipinski definition) is 4. The highest BCUT2D eigenvalue weighted by Gasteiger charge is 2.31. The van der Waals surface area contributed by atoms with Crippen molar-refractivity contribution in [3.63, 3.8) is 0 Å². The monoisotopic (exact) mass is 259 g/mol. The Morgan fingerprint density at radius 3 is 2.88 bits per heavy atom. The third-order valence-electron chi connectivity index (χ3n) is 2.32. The van der Waals surface area contributed by atoms with E-state index in [1.807, 2.05) is 0 Å². The predicted molar refractivity (Wildman–Crippen MR) is 57.1 cm³/mol. The number of hydrogen-bond donors (Lipinski definition) is 1. The van der Waals surface area contributed by atoms with E-state index in [2.05, 4.69) is 8.91 Å². The molecule has 1 atom stereocenters. The molecule has 1 aromatic rings. The van der Waals surface area contributed by atoms with Crippen molar-refractivity contribution in [3.05, 3.63) is 29.6 Å². The van der Waals surface area contributed by atoms with E-state index in [1.54, 1.807) is 0 Å². The van der Waals surface area contributed by atoms with Gasteiger partial charge in [0.25, 0.3) is 0 Å². The van der Waals surface area contributed by atoms with E-state index < -0.39 is 22.2 Å². The molecule has 0 aromatic heterocycles. The topological polar surface area (TPSA) is 72.5 Å². The summed E-state index contributed by atoms with van der Waals surface area (Å²) in [6, 6.07) is 2.71. The summed E-state index contributed by atoms with van der Waals surface area (Å²) < 4.78 is 42.6. The molecule has 0 unspecified atom stereocenters. The summed E-state index contributed by atoms with van der Waals surface area (Å²) in [4.78, 5) is 11.0. The zero-order chi connectivity index (χ0) is 12.6. The van der Waals surface area contributed by atoms with Crippen molar-refractivity contribution in [1.82, 2.24) is 4.72 Å². The van der Waals surface area contributed by atoms with E-state index in [0.29, 0.717) is 5.56 Å². The minimum Gasteiger partial charge on any atom is -0.371 e. The lowest BCUT2D eigenvalue weighted by Crippen LogP contribution is -2.37. The molecule has 1 aliphatic rings. The van der Waals surface area contributed by atoms with Gasteiger partial charge in [-0.05, 0) is 25.1 Å². The summed E-state index contributed by atoms with van der Waals surface area (Å²) >= 11 is 0. The number of carbonyl (C=O) groups excluding carboxylic acids is 1. The Morgan fingerprint density at radius 1 is 1.53 bits per heavy atom. The van der Waals surface area contributed by atoms with Crippen LogP contribution in [0, 0.1) is 5.82 Å². The molecule has 17 heavy (non-hydrogen) atoms. The van der Waals surface area contributed by atoms with E-state index in [1.165, 1.54) is 13.0 Å². The Labute approximate surface area is 97.8 Å². The molecular formula is C10H10FNO4S. The standard InChI is InChI=1S/C10H10FNO4S/c1-6(13)4-9-8-5-7(11)2-3-10(8)16-17(14,15)12-9/h2-3,5,9,12H,4H2,1H3/t9-/m0/s1. The summed E-state index contributed by atoms with van der Waals surface area (Å²) in [7, 11) is -3.93. The van der Waals surface area contributed by atoms with Gasteiger partial charge in [-0.1, -0.05) is 0 Å². The molecule has 1 aliphatic heterocycles. The van der Waals surface area contributed by atoms with E-state index in [0.717, 1.165) is 12.1 Å². The summed E-state index contributed by atoms with van der Waals surface area (Å²) in [6.07, 6.45) is -0.0426. The lowest BCUT2D eigenvalue weighted by molar-refractivity contribution is -0.117. The van der Waals surface area contributed by atoms with Crippen molar-refractivity contribution in [3.8, 4) is 5.75 Å². The highest BCUT2D eigenvalue weighted by molar-refractivity contribution is 7.85. The van der Waals surface area contributed by atoms with Gasteiger partial charge < -0.3 is 4.18 Å². The lowest BCUT2D eigenvalue weighted by atomic mass is 10.0. The normalized spacial score (nSPS) is 21.4. The van der Waals surface area contributed by atoms with Crippen LogP contribution in [0.2, 0.25) is 0 Å². The maximum Gasteiger partial charge on any atom is 0.383 e. The van der Waals surface area contributed by atoms with Crippen LogP contribution in [0.3, 0.4) is 0 Å². The molecule has 7 heteroatoms. The van der Waals surface area contributed by atoms with Gasteiger partial charge in [-0.3, -0.25) is 4.79 Å². The van der Waals surface area contributed by atoms with Crippen molar-refractivity contribution < 1.29 is 21.8 Å². The van der Waals surface area contributed by atoms with E-state index in [-0.39, 0.29) is 18.0 Å². The molecule has 0 radical (unpaired) electrons. The first-order valence-corrected chi connectivity index (χ1v) is 6.29.